The van der Waals surface area contributed by atoms with Crippen LogP contribution in [-0.4, -0.2) is 43.9 Å². The average Bonchev–Trinajstić information content (AvgIpc) is 2.79. The zero-order valence-electron chi connectivity index (χ0n) is 17.2. The monoisotopic (exact) mass is 440 g/mol. The van der Waals surface area contributed by atoms with Crippen LogP contribution in [0, 0.1) is 0 Å². The highest BCUT2D eigenvalue weighted by atomic mass is 32.2. The molecular weight excluding hydrogens is 416 g/mol. The minimum atomic E-state index is -3.63. The molecule has 8 nitrogen and oxygen atoms in total. The SMILES string of the molecule is COc1ccc(S(=O)(=O)N2CCCCC2)cc1NC(=O)Nc1cnc2ccccc2c1. The molecule has 31 heavy (non-hydrogen) atoms. The molecule has 1 saturated heterocycles. The van der Waals surface area contributed by atoms with Gasteiger partial charge in [0.15, 0.2) is 0 Å². The number of ether oxygens (including phenoxy) is 1. The van der Waals surface area contributed by atoms with Crippen molar-refractivity contribution < 1.29 is 17.9 Å². The predicted molar refractivity (Wildman–Crippen MR) is 120 cm³/mol. The Bertz CT molecular complexity index is 1210. The average molecular weight is 441 g/mol. The van der Waals surface area contributed by atoms with Crippen molar-refractivity contribution in [3.63, 3.8) is 0 Å². The van der Waals surface area contributed by atoms with E-state index in [9.17, 15) is 13.2 Å². The molecule has 2 aromatic carbocycles. The Morgan fingerprint density at radius 2 is 1.81 bits per heavy atom. The Kier molecular flexibility index (Phi) is 6.06. The zero-order valence-corrected chi connectivity index (χ0v) is 18.0. The van der Waals surface area contributed by atoms with Gasteiger partial charge in [0.2, 0.25) is 10.0 Å². The van der Waals surface area contributed by atoms with Gasteiger partial charge in [-0.3, -0.25) is 4.98 Å². The highest BCUT2D eigenvalue weighted by Gasteiger charge is 2.27. The van der Waals surface area contributed by atoms with Gasteiger partial charge in [0.1, 0.15) is 5.75 Å². The number of amides is 2. The fraction of sp³-hybridized carbons (Fsp3) is 0.273. The number of hydrogen-bond donors (Lipinski definition) is 2. The first-order valence-electron chi connectivity index (χ1n) is 10.1. The third-order valence-electron chi connectivity index (χ3n) is 5.22. The normalized spacial score (nSPS) is 14.9. The maximum absolute atomic E-state index is 13.0. The van der Waals surface area contributed by atoms with Crippen molar-refractivity contribution >= 4 is 38.3 Å². The van der Waals surface area contributed by atoms with Gasteiger partial charge in [0.05, 0.1) is 35.1 Å². The van der Waals surface area contributed by atoms with Crippen molar-refractivity contribution in [3.8, 4) is 5.75 Å². The molecule has 1 aromatic heterocycles. The standard InChI is InChI=1S/C22H24N4O4S/c1-30-21-10-9-18(31(28,29)26-11-5-2-6-12-26)14-20(21)25-22(27)24-17-13-16-7-3-4-8-19(16)23-15-17/h3-4,7-10,13-15H,2,5-6,11-12H2,1H3,(H2,24,25,27). The lowest BCUT2D eigenvalue weighted by Gasteiger charge is -2.26. The molecule has 4 rings (SSSR count). The van der Waals surface area contributed by atoms with E-state index in [1.54, 1.807) is 12.3 Å². The number of urea groups is 1. The molecule has 0 atom stereocenters. The summed E-state index contributed by atoms with van der Waals surface area (Å²) in [5.74, 6) is 0.365. The minimum absolute atomic E-state index is 0.123. The number of carbonyl (C=O) groups excluding carboxylic acids is 1. The summed E-state index contributed by atoms with van der Waals surface area (Å²) in [4.78, 5) is 17.0. The van der Waals surface area contributed by atoms with Gasteiger partial charge in [-0.15, -0.1) is 0 Å². The Morgan fingerprint density at radius 1 is 1.03 bits per heavy atom. The Balaban J connectivity index is 1.54. The summed E-state index contributed by atoms with van der Waals surface area (Å²) >= 11 is 0. The van der Waals surface area contributed by atoms with E-state index in [0.717, 1.165) is 30.2 Å². The number of nitrogens with zero attached hydrogens (tertiary/aromatic N) is 2. The first kappa shape index (κ1) is 21.1. The van der Waals surface area contributed by atoms with Crippen molar-refractivity contribution in [3.05, 3.63) is 54.7 Å². The number of fused-ring (bicyclic) bond motifs is 1. The lowest BCUT2D eigenvalue weighted by atomic mass is 10.2. The summed E-state index contributed by atoms with van der Waals surface area (Å²) in [6, 6.07) is 13.4. The predicted octanol–water partition coefficient (Wildman–Crippen LogP) is 4.06. The number of anilines is 2. The Hall–Kier alpha value is -3.17. The summed E-state index contributed by atoms with van der Waals surface area (Å²) in [6.07, 6.45) is 4.30. The molecule has 2 N–H and O–H groups in total. The van der Waals surface area contributed by atoms with Crippen molar-refractivity contribution in [2.24, 2.45) is 0 Å². The summed E-state index contributed by atoms with van der Waals surface area (Å²) in [7, 11) is -2.17. The topological polar surface area (TPSA) is 101 Å². The van der Waals surface area contributed by atoms with E-state index < -0.39 is 16.1 Å². The lowest BCUT2D eigenvalue weighted by Crippen LogP contribution is -2.35. The molecule has 2 heterocycles. The molecule has 3 aromatic rings. The van der Waals surface area contributed by atoms with Crippen LogP contribution in [0.3, 0.4) is 0 Å². The van der Waals surface area contributed by atoms with Crippen LogP contribution in [0.15, 0.2) is 59.6 Å². The van der Waals surface area contributed by atoms with Crippen LogP contribution in [0.4, 0.5) is 16.2 Å². The van der Waals surface area contributed by atoms with Gasteiger partial charge in [-0.05, 0) is 43.2 Å². The fourth-order valence-electron chi connectivity index (χ4n) is 3.62. The van der Waals surface area contributed by atoms with E-state index in [2.05, 4.69) is 15.6 Å². The maximum atomic E-state index is 13.0. The first-order chi connectivity index (χ1) is 15.0. The second-order valence-corrected chi connectivity index (χ2v) is 9.26. The third-order valence-corrected chi connectivity index (χ3v) is 7.11. The van der Waals surface area contributed by atoms with Crippen LogP contribution in [0.25, 0.3) is 10.9 Å². The quantitative estimate of drug-likeness (QED) is 0.623. The van der Waals surface area contributed by atoms with Gasteiger partial charge in [0.25, 0.3) is 0 Å². The van der Waals surface area contributed by atoms with E-state index in [1.807, 2.05) is 30.3 Å². The molecule has 0 spiro atoms. The summed E-state index contributed by atoms with van der Waals surface area (Å²) in [5.41, 5.74) is 1.62. The van der Waals surface area contributed by atoms with Crippen LogP contribution >= 0.6 is 0 Å². The van der Waals surface area contributed by atoms with Crippen molar-refractivity contribution in [1.82, 2.24) is 9.29 Å². The second kappa shape index (κ2) is 8.91. The summed E-state index contributed by atoms with van der Waals surface area (Å²) in [6.45, 7) is 1.01. The minimum Gasteiger partial charge on any atom is -0.495 e. The number of pyridine rings is 1. The number of nitrogens with one attached hydrogen (secondary N) is 2. The van der Waals surface area contributed by atoms with Crippen LogP contribution in [0.1, 0.15) is 19.3 Å². The Morgan fingerprint density at radius 3 is 2.58 bits per heavy atom. The summed E-state index contributed by atoms with van der Waals surface area (Å²) in [5, 5.41) is 6.31. The van der Waals surface area contributed by atoms with E-state index in [-0.39, 0.29) is 10.6 Å². The number of hydrogen-bond acceptors (Lipinski definition) is 5. The van der Waals surface area contributed by atoms with E-state index in [4.69, 9.17) is 4.74 Å². The molecule has 0 unspecified atom stereocenters. The molecule has 0 radical (unpaired) electrons. The number of benzene rings is 2. The van der Waals surface area contributed by atoms with Crippen molar-refractivity contribution in [2.75, 3.05) is 30.8 Å². The molecule has 1 aliphatic rings. The summed E-state index contributed by atoms with van der Waals surface area (Å²) < 4.78 is 32.8. The molecule has 1 aliphatic heterocycles. The van der Waals surface area contributed by atoms with Crippen LogP contribution in [-0.2, 0) is 10.0 Å². The van der Waals surface area contributed by atoms with E-state index in [1.165, 1.54) is 23.5 Å². The number of aromatic nitrogens is 1. The van der Waals surface area contributed by atoms with Crippen molar-refractivity contribution in [1.29, 1.82) is 0 Å². The molecule has 0 bridgehead atoms. The molecular formula is C22H24N4O4S. The molecule has 9 heteroatoms. The number of sulfonamides is 1. The molecule has 1 fully saturated rings. The number of para-hydroxylation sites is 1. The van der Waals surface area contributed by atoms with Gasteiger partial charge in [-0.1, -0.05) is 24.6 Å². The highest BCUT2D eigenvalue weighted by Crippen LogP contribution is 2.30. The molecule has 0 saturated carbocycles. The van der Waals surface area contributed by atoms with Crippen molar-refractivity contribution in [2.45, 2.75) is 24.2 Å². The van der Waals surface area contributed by atoms with E-state index in [0.29, 0.717) is 24.5 Å². The third kappa shape index (κ3) is 4.62. The number of piperidine rings is 1. The van der Waals surface area contributed by atoms with Crippen LogP contribution in [0.2, 0.25) is 0 Å². The number of methoxy groups -OCH3 is 1. The molecule has 162 valence electrons. The lowest BCUT2D eigenvalue weighted by molar-refractivity contribution is 0.262. The van der Waals surface area contributed by atoms with Gasteiger partial charge in [-0.25, -0.2) is 13.2 Å². The van der Waals surface area contributed by atoms with Crippen LogP contribution in [0.5, 0.6) is 5.75 Å². The van der Waals surface area contributed by atoms with Gasteiger partial charge in [0, 0.05) is 18.5 Å². The van der Waals surface area contributed by atoms with Crippen LogP contribution < -0.4 is 15.4 Å². The number of carbonyl (C=O) groups is 1. The number of rotatable bonds is 5. The molecule has 2 amide bonds. The molecule has 0 aliphatic carbocycles. The highest BCUT2D eigenvalue weighted by molar-refractivity contribution is 7.89. The van der Waals surface area contributed by atoms with Gasteiger partial charge in [-0.2, -0.15) is 4.31 Å². The smallest absolute Gasteiger partial charge is 0.323 e. The largest absolute Gasteiger partial charge is 0.495 e. The Labute approximate surface area is 181 Å². The van der Waals surface area contributed by atoms with Gasteiger partial charge < -0.3 is 15.4 Å². The second-order valence-electron chi connectivity index (χ2n) is 7.32. The van der Waals surface area contributed by atoms with E-state index >= 15 is 0 Å². The van der Waals surface area contributed by atoms with Gasteiger partial charge >= 0.3 is 6.03 Å². The maximum Gasteiger partial charge on any atom is 0.323 e. The fourth-order valence-corrected chi connectivity index (χ4v) is 5.17. The zero-order chi connectivity index (χ0) is 21.8. The first-order valence-corrected chi connectivity index (χ1v) is 11.5.